The second-order valence-electron chi connectivity index (χ2n) is 28.2. The van der Waals surface area contributed by atoms with E-state index in [4.69, 9.17) is 0 Å². The van der Waals surface area contributed by atoms with E-state index >= 15 is 0 Å². The molecule has 0 atom stereocenters. The Hall–Kier alpha value is -13.7. The van der Waals surface area contributed by atoms with Gasteiger partial charge >= 0.3 is 0 Å². The number of hydrogen-bond donors (Lipinski definition) is 0. The van der Waals surface area contributed by atoms with E-state index in [0.717, 1.165) is 34.1 Å². The van der Waals surface area contributed by atoms with Crippen LogP contribution in [0.25, 0.3) is 161 Å². The summed E-state index contributed by atoms with van der Waals surface area (Å²) in [6, 6.07) is 154. The molecular weight excluding hydrogens is 1370 g/mol. The van der Waals surface area contributed by atoms with Gasteiger partial charge < -0.3 is 9.80 Å². The van der Waals surface area contributed by atoms with Gasteiger partial charge in [0.1, 0.15) is 0 Å². The fourth-order valence-electron chi connectivity index (χ4n) is 16.3. The number of para-hydroxylation sites is 1. The lowest BCUT2D eigenvalue weighted by atomic mass is 9.98. The van der Waals surface area contributed by atoms with Gasteiger partial charge in [-0.05, 0) is 189 Å². The van der Waals surface area contributed by atoms with E-state index in [9.17, 15) is 0 Å². The number of benzene rings is 19. The van der Waals surface area contributed by atoms with Crippen LogP contribution in [0.2, 0.25) is 0 Å². The second-order valence-corrected chi connectivity index (χ2v) is 30.3. The monoisotopic (exact) mass is 1430 g/mol. The number of thiophene rings is 2. The molecule has 0 radical (unpaired) electrons. The molecule has 110 heavy (non-hydrogen) atoms. The predicted octanol–water partition coefficient (Wildman–Crippen LogP) is 31.3. The van der Waals surface area contributed by atoms with E-state index in [-0.39, 0.29) is 0 Å². The Balaban J connectivity index is 0.000000145. The summed E-state index contributed by atoms with van der Waals surface area (Å²) < 4.78 is 5.34. The molecule has 0 saturated heterocycles. The molecule has 0 unspecified atom stereocenters. The minimum Gasteiger partial charge on any atom is -0.310 e. The van der Waals surface area contributed by atoms with Crippen molar-refractivity contribution in [2.45, 2.75) is 0 Å². The Morgan fingerprint density at radius 1 is 0.145 bits per heavy atom. The predicted molar refractivity (Wildman–Crippen MR) is 476 cm³/mol. The molecule has 0 aliphatic rings. The van der Waals surface area contributed by atoms with Crippen molar-refractivity contribution in [1.82, 2.24) is 0 Å². The van der Waals surface area contributed by atoms with Crippen molar-refractivity contribution >= 4 is 140 Å². The van der Waals surface area contributed by atoms with Crippen LogP contribution in [0.5, 0.6) is 0 Å². The molecule has 0 amide bonds. The van der Waals surface area contributed by atoms with E-state index in [1.54, 1.807) is 0 Å². The van der Waals surface area contributed by atoms with Crippen LogP contribution < -0.4 is 9.80 Å². The number of rotatable bonds is 13. The number of fused-ring (bicyclic) bond motifs is 14. The largest absolute Gasteiger partial charge is 0.310 e. The van der Waals surface area contributed by atoms with Gasteiger partial charge in [-0.15, -0.1) is 22.7 Å². The van der Waals surface area contributed by atoms with Gasteiger partial charge in [-0.25, -0.2) is 0 Å². The fourth-order valence-corrected chi connectivity index (χ4v) is 19.1. The van der Waals surface area contributed by atoms with Crippen LogP contribution in [0.4, 0.5) is 34.1 Å². The smallest absolute Gasteiger partial charge is 0.0467 e. The van der Waals surface area contributed by atoms with Crippen molar-refractivity contribution in [3.8, 4) is 77.9 Å². The highest BCUT2D eigenvalue weighted by atomic mass is 32.1. The molecule has 516 valence electrons. The Bertz CT molecular complexity index is 6970. The normalized spacial score (nSPS) is 11.5. The molecular formula is C106H70N2S2. The van der Waals surface area contributed by atoms with Crippen LogP contribution in [-0.2, 0) is 0 Å². The number of nitrogens with zero attached hydrogens (tertiary/aromatic N) is 2. The maximum Gasteiger partial charge on any atom is 0.0467 e. The van der Waals surface area contributed by atoms with E-state index in [1.165, 1.54) is 161 Å². The van der Waals surface area contributed by atoms with Crippen LogP contribution in [0, 0.1) is 0 Å². The summed E-state index contributed by atoms with van der Waals surface area (Å²) in [5.41, 5.74) is 23.7. The van der Waals surface area contributed by atoms with E-state index < -0.39 is 0 Å². The lowest BCUT2D eigenvalue weighted by Crippen LogP contribution is -2.10. The first kappa shape index (κ1) is 65.8. The molecule has 0 aliphatic heterocycles. The molecule has 0 saturated carbocycles. The Kier molecular flexibility index (Phi) is 17.0. The van der Waals surface area contributed by atoms with E-state index in [0.29, 0.717) is 0 Å². The molecule has 0 spiro atoms. The molecule has 0 N–H and O–H groups in total. The zero-order valence-corrected chi connectivity index (χ0v) is 61.8. The number of anilines is 6. The van der Waals surface area contributed by atoms with Gasteiger partial charge in [0.05, 0.1) is 0 Å². The molecule has 2 nitrogen and oxygen atoms in total. The first-order valence-corrected chi connectivity index (χ1v) is 39.2. The van der Waals surface area contributed by atoms with Crippen molar-refractivity contribution in [1.29, 1.82) is 0 Å². The van der Waals surface area contributed by atoms with Crippen LogP contribution in [0.3, 0.4) is 0 Å². The third-order valence-corrected chi connectivity index (χ3v) is 24.2. The summed E-state index contributed by atoms with van der Waals surface area (Å²) in [6.45, 7) is 0. The summed E-state index contributed by atoms with van der Waals surface area (Å²) in [6.07, 6.45) is 0. The summed E-state index contributed by atoms with van der Waals surface area (Å²) >= 11 is 3.84. The van der Waals surface area contributed by atoms with Crippen LogP contribution in [0.1, 0.15) is 0 Å². The minimum absolute atomic E-state index is 1.10. The molecule has 2 heterocycles. The molecule has 4 heteroatoms. The van der Waals surface area contributed by atoms with Gasteiger partial charge in [-0.1, -0.05) is 346 Å². The molecule has 21 rings (SSSR count). The maximum absolute atomic E-state index is 2.38. The summed E-state index contributed by atoms with van der Waals surface area (Å²) in [5, 5.41) is 15.7. The second kappa shape index (κ2) is 28.5. The van der Waals surface area contributed by atoms with Crippen LogP contribution in [0.15, 0.2) is 425 Å². The van der Waals surface area contributed by atoms with Crippen LogP contribution in [-0.4, -0.2) is 0 Å². The topological polar surface area (TPSA) is 6.48 Å². The molecule has 0 aliphatic carbocycles. The van der Waals surface area contributed by atoms with Gasteiger partial charge in [-0.3, -0.25) is 0 Å². The third kappa shape index (κ3) is 12.3. The molecule has 0 fully saturated rings. The first-order valence-electron chi connectivity index (χ1n) is 37.6. The Morgan fingerprint density at radius 2 is 0.409 bits per heavy atom. The van der Waals surface area contributed by atoms with Gasteiger partial charge in [0.15, 0.2) is 0 Å². The lowest BCUT2D eigenvalue weighted by Gasteiger charge is -2.26. The third-order valence-electron chi connectivity index (χ3n) is 21.7. The zero-order valence-electron chi connectivity index (χ0n) is 60.1. The van der Waals surface area contributed by atoms with Crippen molar-refractivity contribution in [2.24, 2.45) is 0 Å². The van der Waals surface area contributed by atoms with Crippen molar-refractivity contribution < 1.29 is 0 Å². The standard InChI is InChI=1S/C56H37NS.C50H33NS/c1-3-11-38(12-4-1)40-21-23-41(24-22-40)43-29-34-48(35-30-43)57(47-32-27-42(28-33-47)39-13-5-2-6-14-39)49-17-9-16-46(37-49)51-19-10-20-52-53-36-31-45-26-25-44-15-7-8-18-50(44)54(45)56(53)58-55(51)52;1-3-12-34(13-4-1)38-15-9-16-39(32-38)35-26-29-42(30-27-35)51(41-18-5-2-6-19-41)43-20-10-17-40(33-43)45-22-11-23-46-47-31-28-37-25-24-36-14-7-8-21-44(36)48(37)50(47)52-49(45)46/h1-37H;1-33H. The highest BCUT2D eigenvalue weighted by Crippen LogP contribution is 2.49. The minimum atomic E-state index is 1.10. The van der Waals surface area contributed by atoms with Crippen molar-refractivity contribution in [3.05, 3.63) is 425 Å². The summed E-state index contributed by atoms with van der Waals surface area (Å²) in [7, 11) is 0. The average molecular weight is 1440 g/mol. The highest BCUT2D eigenvalue weighted by Gasteiger charge is 2.21. The van der Waals surface area contributed by atoms with E-state index in [1.807, 2.05) is 22.7 Å². The highest BCUT2D eigenvalue weighted by molar-refractivity contribution is 7.27. The maximum atomic E-state index is 2.38. The first-order chi connectivity index (χ1) is 54.5. The Morgan fingerprint density at radius 3 is 0.827 bits per heavy atom. The number of hydrogen-bond acceptors (Lipinski definition) is 4. The van der Waals surface area contributed by atoms with Crippen molar-refractivity contribution in [2.75, 3.05) is 9.80 Å². The summed E-state index contributed by atoms with van der Waals surface area (Å²) in [4.78, 5) is 4.74. The average Bonchev–Trinajstić information content (AvgIpc) is 1.59. The molecule has 21 aromatic rings. The van der Waals surface area contributed by atoms with Gasteiger partial charge in [0.25, 0.3) is 0 Å². The van der Waals surface area contributed by atoms with Crippen LogP contribution >= 0.6 is 22.7 Å². The zero-order chi connectivity index (χ0) is 72.9. The van der Waals surface area contributed by atoms with Gasteiger partial charge in [0.2, 0.25) is 0 Å². The van der Waals surface area contributed by atoms with Crippen molar-refractivity contribution in [3.63, 3.8) is 0 Å². The van der Waals surface area contributed by atoms with E-state index in [2.05, 4.69) is 434 Å². The summed E-state index contributed by atoms with van der Waals surface area (Å²) in [5.74, 6) is 0. The SMILES string of the molecule is c1ccc(-c2ccc(-c3ccc(N(c4ccc(-c5ccccc5)cc4)c4cccc(-c5cccc6c5sc5c6ccc6ccc7ccccc7c65)c4)cc3)cc2)cc1.c1ccc(-c2cccc(-c3ccc(N(c4ccccc4)c4cccc(-c5cccc6c5sc5c6ccc6ccc7ccccc7c65)c4)cc3)c2)cc1. The van der Waals surface area contributed by atoms with Gasteiger partial charge in [-0.2, -0.15) is 0 Å². The quantitative estimate of drug-likeness (QED) is 0.106. The van der Waals surface area contributed by atoms with Gasteiger partial charge in [0, 0.05) is 85.2 Å². The lowest BCUT2D eigenvalue weighted by molar-refractivity contribution is 1.28. The molecule has 2 aromatic heterocycles. The molecule has 0 bridgehead atoms. The fraction of sp³-hybridized carbons (Fsp3) is 0. The molecule has 19 aromatic carbocycles. The Labute approximate surface area is 647 Å².